The maximum Gasteiger partial charge on any atom is 0.264 e. The van der Waals surface area contributed by atoms with E-state index in [9.17, 15) is 8.42 Å². The van der Waals surface area contributed by atoms with Gasteiger partial charge in [0.15, 0.2) is 0 Å². The zero-order valence-electron chi connectivity index (χ0n) is 17.2. The van der Waals surface area contributed by atoms with Crippen LogP contribution < -0.4 is 4.31 Å². The Balaban J connectivity index is 1.61. The fraction of sp³-hybridized carbons (Fsp3) is 0.280. The van der Waals surface area contributed by atoms with Gasteiger partial charge in [-0.2, -0.15) is 0 Å². The lowest BCUT2D eigenvalue weighted by molar-refractivity contribution is -0.0384. The Kier molecular flexibility index (Phi) is 5.40. The highest BCUT2D eigenvalue weighted by atomic mass is 79.9. The lowest BCUT2D eigenvalue weighted by Gasteiger charge is -2.46. The first kappa shape index (κ1) is 20.7. The number of para-hydroxylation sites is 1. The van der Waals surface area contributed by atoms with Crippen molar-refractivity contribution in [3.63, 3.8) is 0 Å². The van der Waals surface area contributed by atoms with E-state index in [0.29, 0.717) is 18.0 Å². The van der Waals surface area contributed by atoms with E-state index in [1.807, 2.05) is 49.4 Å². The third-order valence-electron chi connectivity index (χ3n) is 6.40. The first-order chi connectivity index (χ1) is 14.9. The van der Waals surface area contributed by atoms with Crippen LogP contribution in [0.1, 0.15) is 35.1 Å². The largest absolute Gasteiger partial charge is 0.373 e. The number of hydrogen-bond acceptors (Lipinski definition) is 3. The van der Waals surface area contributed by atoms with Crippen molar-refractivity contribution in [2.75, 3.05) is 17.5 Å². The van der Waals surface area contributed by atoms with Crippen LogP contribution in [0.5, 0.6) is 0 Å². The molecule has 3 aromatic rings. The van der Waals surface area contributed by atoms with E-state index in [1.165, 1.54) is 0 Å². The highest BCUT2D eigenvalue weighted by molar-refractivity contribution is 9.10. The normalized spacial score (nSPS) is 23.2. The summed E-state index contributed by atoms with van der Waals surface area (Å²) in [6.45, 7) is 3.02. The predicted molar refractivity (Wildman–Crippen MR) is 126 cm³/mol. The van der Waals surface area contributed by atoms with Crippen LogP contribution in [0, 0.1) is 12.8 Å². The quantitative estimate of drug-likeness (QED) is 0.457. The van der Waals surface area contributed by atoms with Gasteiger partial charge in [-0.3, -0.25) is 4.31 Å². The smallest absolute Gasteiger partial charge is 0.264 e. The molecule has 0 radical (unpaired) electrons. The second kappa shape index (κ2) is 8.08. The van der Waals surface area contributed by atoms with Crippen molar-refractivity contribution < 1.29 is 13.2 Å². The molecule has 6 heteroatoms. The lowest BCUT2D eigenvalue weighted by Crippen LogP contribution is -2.46. The Morgan fingerprint density at radius 2 is 1.77 bits per heavy atom. The molecule has 2 aliphatic heterocycles. The number of nitrogens with zero attached hydrogens (tertiary/aromatic N) is 1. The molecule has 0 aromatic heterocycles. The number of anilines is 1. The van der Waals surface area contributed by atoms with Crippen molar-refractivity contribution in [1.29, 1.82) is 0 Å². The van der Waals surface area contributed by atoms with Crippen LogP contribution in [0.3, 0.4) is 0 Å². The minimum Gasteiger partial charge on any atom is -0.373 e. The summed E-state index contributed by atoms with van der Waals surface area (Å²) in [6, 6.07) is 23.2. The second-order valence-corrected chi connectivity index (χ2v) is 11.1. The Morgan fingerprint density at radius 3 is 2.55 bits per heavy atom. The van der Waals surface area contributed by atoms with E-state index in [2.05, 4.69) is 34.1 Å². The van der Waals surface area contributed by atoms with Crippen LogP contribution >= 0.6 is 15.9 Å². The monoisotopic (exact) mass is 497 g/mol. The molecule has 0 amide bonds. The Labute approximate surface area is 192 Å². The average molecular weight is 498 g/mol. The summed E-state index contributed by atoms with van der Waals surface area (Å²) >= 11 is 3.56. The number of ether oxygens (including phenoxy) is 1. The summed E-state index contributed by atoms with van der Waals surface area (Å²) < 4.78 is 36.3. The summed E-state index contributed by atoms with van der Waals surface area (Å²) in [7, 11) is -3.69. The Hall–Kier alpha value is -2.15. The van der Waals surface area contributed by atoms with Crippen molar-refractivity contribution in [3.8, 4) is 0 Å². The maximum atomic E-state index is 13.7. The standard InChI is InChI=1S/C25H24BrNO3S/c1-17-9-11-20(12-10-17)31(28,29)27-16-23-21(22-7-2-3-8-24(22)27)13-14-30-25(23)18-5-4-6-19(26)15-18/h2-12,15,21,23,25H,13-14,16H2,1H3/t21-,23-,25+/m0/s1. The average Bonchev–Trinajstić information content (AvgIpc) is 2.78. The summed E-state index contributed by atoms with van der Waals surface area (Å²) in [5.41, 5.74) is 4.00. The summed E-state index contributed by atoms with van der Waals surface area (Å²) in [6.07, 6.45) is 0.741. The number of fused-ring (bicyclic) bond motifs is 3. The SMILES string of the molecule is Cc1ccc(S(=O)(=O)N2C[C@@H]3[C@@H](c4cccc(Br)c4)OCC[C@H]3c3ccccc32)cc1. The van der Waals surface area contributed by atoms with Crippen molar-refractivity contribution >= 4 is 31.6 Å². The molecule has 4 nitrogen and oxygen atoms in total. The van der Waals surface area contributed by atoms with E-state index >= 15 is 0 Å². The molecular weight excluding hydrogens is 474 g/mol. The Bertz CT molecular complexity index is 1210. The zero-order chi connectivity index (χ0) is 21.6. The number of sulfonamides is 1. The van der Waals surface area contributed by atoms with Crippen LogP contribution in [0.2, 0.25) is 0 Å². The van der Waals surface area contributed by atoms with Crippen molar-refractivity contribution in [1.82, 2.24) is 0 Å². The highest BCUT2D eigenvalue weighted by Crippen LogP contribution is 2.50. The van der Waals surface area contributed by atoms with E-state index in [0.717, 1.165) is 33.3 Å². The van der Waals surface area contributed by atoms with E-state index in [1.54, 1.807) is 16.4 Å². The lowest BCUT2D eigenvalue weighted by atomic mass is 9.74. The minimum absolute atomic E-state index is 0.0400. The van der Waals surface area contributed by atoms with Crippen LogP contribution in [0.15, 0.2) is 82.2 Å². The molecular formula is C25H24BrNO3S. The third kappa shape index (κ3) is 3.71. The highest BCUT2D eigenvalue weighted by Gasteiger charge is 2.44. The maximum absolute atomic E-state index is 13.7. The molecule has 1 saturated heterocycles. The molecule has 0 spiro atoms. The minimum atomic E-state index is -3.69. The number of aryl methyl sites for hydroxylation is 1. The van der Waals surface area contributed by atoms with Crippen LogP contribution in [0.25, 0.3) is 0 Å². The molecule has 31 heavy (non-hydrogen) atoms. The van der Waals surface area contributed by atoms with Crippen LogP contribution in [0.4, 0.5) is 5.69 Å². The molecule has 0 aliphatic carbocycles. The second-order valence-electron chi connectivity index (χ2n) is 8.31. The van der Waals surface area contributed by atoms with Gasteiger partial charge >= 0.3 is 0 Å². The number of hydrogen-bond donors (Lipinski definition) is 0. The molecule has 0 bridgehead atoms. The van der Waals surface area contributed by atoms with E-state index < -0.39 is 10.0 Å². The van der Waals surface area contributed by atoms with Gasteiger partial charge in [-0.25, -0.2) is 8.42 Å². The van der Waals surface area contributed by atoms with Gasteiger partial charge in [0, 0.05) is 23.5 Å². The third-order valence-corrected chi connectivity index (χ3v) is 8.69. The number of benzene rings is 3. The fourth-order valence-electron chi connectivity index (χ4n) is 4.89. The summed E-state index contributed by atoms with van der Waals surface area (Å²) in [5, 5.41) is 0. The van der Waals surface area contributed by atoms with Gasteiger partial charge in [0.25, 0.3) is 10.0 Å². The molecule has 3 atom stereocenters. The number of halogens is 1. The van der Waals surface area contributed by atoms with Crippen molar-refractivity contribution in [2.45, 2.75) is 30.3 Å². The van der Waals surface area contributed by atoms with Gasteiger partial charge < -0.3 is 4.74 Å². The predicted octanol–water partition coefficient (Wildman–Crippen LogP) is 5.83. The molecule has 5 rings (SSSR count). The van der Waals surface area contributed by atoms with Crippen molar-refractivity contribution in [2.24, 2.45) is 5.92 Å². The van der Waals surface area contributed by atoms with Crippen LogP contribution in [-0.4, -0.2) is 21.6 Å². The first-order valence-electron chi connectivity index (χ1n) is 10.5. The van der Waals surface area contributed by atoms with Gasteiger partial charge in [-0.15, -0.1) is 0 Å². The molecule has 0 saturated carbocycles. The molecule has 3 aromatic carbocycles. The topological polar surface area (TPSA) is 46.6 Å². The van der Waals surface area contributed by atoms with Gasteiger partial charge in [0.2, 0.25) is 0 Å². The zero-order valence-corrected chi connectivity index (χ0v) is 19.6. The number of rotatable bonds is 3. The summed E-state index contributed by atoms with van der Waals surface area (Å²) in [4.78, 5) is 0.321. The van der Waals surface area contributed by atoms with E-state index in [-0.39, 0.29) is 17.9 Å². The van der Waals surface area contributed by atoms with E-state index in [4.69, 9.17) is 4.74 Å². The van der Waals surface area contributed by atoms with Gasteiger partial charge in [-0.05, 0) is 60.7 Å². The van der Waals surface area contributed by atoms with Crippen molar-refractivity contribution in [3.05, 3.63) is 94.0 Å². The molecule has 0 unspecified atom stereocenters. The van der Waals surface area contributed by atoms with Gasteiger partial charge in [0.05, 0.1) is 16.7 Å². The molecule has 1 fully saturated rings. The first-order valence-corrected chi connectivity index (χ1v) is 12.7. The van der Waals surface area contributed by atoms with Crippen LogP contribution in [-0.2, 0) is 14.8 Å². The summed E-state index contributed by atoms with van der Waals surface area (Å²) in [5.74, 6) is 0.302. The molecule has 160 valence electrons. The molecule has 0 N–H and O–H groups in total. The van der Waals surface area contributed by atoms with Gasteiger partial charge in [-0.1, -0.05) is 64.0 Å². The fourth-order valence-corrected chi connectivity index (χ4v) is 6.83. The Morgan fingerprint density at radius 1 is 1.00 bits per heavy atom. The molecule has 2 aliphatic rings. The van der Waals surface area contributed by atoms with Gasteiger partial charge in [0.1, 0.15) is 0 Å². The molecule has 2 heterocycles.